The Labute approximate surface area is 186 Å². The molecule has 9 nitrogen and oxygen atoms in total. The molecule has 1 aliphatic rings. The number of rotatable bonds is 19. The fraction of sp³-hybridized carbons (Fsp3) is 0.864. The molecule has 0 aliphatic carbocycles. The van der Waals surface area contributed by atoms with Gasteiger partial charge in [0.05, 0.1) is 33.0 Å². The van der Waals surface area contributed by atoms with E-state index in [-0.39, 0.29) is 29.7 Å². The highest BCUT2D eigenvalue weighted by molar-refractivity contribution is 5.80. The van der Waals surface area contributed by atoms with Crippen molar-refractivity contribution in [3.8, 4) is 0 Å². The van der Waals surface area contributed by atoms with Gasteiger partial charge in [0.25, 0.3) is 0 Å². The highest BCUT2D eigenvalue weighted by Crippen LogP contribution is 2.08. The van der Waals surface area contributed by atoms with E-state index in [9.17, 15) is 9.59 Å². The molecule has 0 radical (unpaired) electrons. The van der Waals surface area contributed by atoms with Crippen LogP contribution in [0.25, 0.3) is 0 Å². The molecular weight excluding hydrogens is 400 g/mol. The van der Waals surface area contributed by atoms with Gasteiger partial charge in [0.15, 0.2) is 0 Å². The zero-order chi connectivity index (χ0) is 22.9. The summed E-state index contributed by atoms with van der Waals surface area (Å²) >= 11 is 0. The van der Waals surface area contributed by atoms with Crippen LogP contribution in [0.4, 0.5) is 0 Å². The predicted octanol–water partition coefficient (Wildman–Crippen LogP) is 2.57. The number of hydrogen-bond donors (Lipinski definition) is 1. The number of ether oxygens (including phenoxy) is 3. The van der Waals surface area contributed by atoms with E-state index in [1.165, 1.54) is 0 Å². The number of hydrogen-bond acceptors (Lipinski definition) is 7. The predicted molar refractivity (Wildman–Crippen MR) is 119 cm³/mol. The molecule has 1 N–H and O–H groups in total. The molecule has 31 heavy (non-hydrogen) atoms. The minimum atomic E-state index is 0.0404. The molecule has 0 aromatic carbocycles. The SMILES string of the molecule is CC(C)NC(=O)CCCC1C=[N+](CCOCCOCCOCCCC(=O)C(C)C)N=N1. The van der Waals surface area contributed by atoms with Crippen LogP contribution in [0.2, 0.25) is 0 Å². The summed E-state index contributed by atoms with van der Waals surface area (Å²) in [5.74, 6) is 0.471. The smallest absolute Gasteiger partial charge is 0.222 e. The lowest BCUT2D eigenvalue weighted by Crippen LogP contribution is -2.29. The molecule has 0 bridgehead atoms. The Kier molecular flexibility index (Phi) is 14.9. The Morgan fingerprint density at radius 1 is 0.935 bits per heavy atom. The molecular formula is C22H41N4O5+. The standard InChI is InChI=1S/C22H40N4O5/c1-18(2)21(27)8-6-11-29-13-15-31-16-14-30-12-10-26-17-20(24-25-26)7-5-9-22(28)23-19(3)4/h17-20H,5-16H2,1-4H3/p+1. The van der Waals surface area contributed by atoms with Crippen LogP contribution in [0.15, 0.2) is 10.3 Å². The summed E-state index contributed by atoms with van der Waals surface area (Å²) in [5, 5.41) is 11.2. The van der Waals surface area contributed by atoms with Crippen molar-refractivity contribution in [3.05, 3.63) is 0 Å². The lowest BCUT2D eigenvalue weighted by Gasteiger charge is -2.07. The van der Waals surface area contributed by atoms with E-state index in [1.807, 2.05) is 33.9 Å². The van der Waals surface area contributed by atoms with Crippen molar-refractivity contribution in [1.82, 2.24) is 5.32 Å². The molecule has 0 aromatic rings. The maximum absolute atomic E-state index is 11.6. The fourth-order valence-corrected chi connectivity index (χ4v) is 2.85. The Morgan fingerprint density at radius 2 is 1.58 bits per heavy atom. The van der Waals surface area contributed by atoms with Crippen LogP contribution >= 0.6 is 0 Å². The molecule has 1 amide bonds. The number of carbonyl (C=O) groups is 2. The van der Waals surface area contributed by atoms with Crippen LogP contribution in [0.5, 0.6) is 0 Å². The lowest BCUT2D eigenvalue weighted by atomic mass is 10.1. The topological polar surface area (TPSA) is 102 Å². The summed E-state index contributed by atoms with van der Waals surface area (Å²) in [6.45, 7) is 11.6. The van der Waals surface area contributed by atoms with Crippen molar-refractivity contribution >= 4 is 17.9 Å². The van der Waals surface area contributed by atoms with Gasteiger partial charge in [-0.15, -0.1) is 4.68 Å². The van der Waals surface area contributed by atoms with Crippen LogP contribution in [0, 0.1) is 5.92 Å². The molecule has 0 fully saturated rings. The van der Waals surface area contributed by atoms with Crippen molar-refractivity contribution in [2.45, 2.75) is 71.9 Å². The maximum Gasteiger partial charge on any atom is 0.222 e. The van der Waals surface area contributed by atoms with Gasteiger partial charge in [-0.25, -0.2) is 0 Å². The molecule has 9 heteroatoms. The van der Waals surface area contributed by atoms with E-state index >= 15 is 0 Å². The number of nitrogens with one attached hydrogen (secondary N) is 1. The van der Waals surface area contributed by atoms with Gasteiger partial charge >= 0.3 is 0 Å². The zero-order valence-electron chi connectivity index (χ0n) is 19.7. The van der Waals surface area contributed by atoms with E-state index in [2.05, 4.69) is 15.7 Å². The van der Waals surface area contributed by atoms with E-state index < -0.39 is 0 Å². The summed E-state index contributed by atoms with van der Waals surface area (Å²) in [4.78, 5) is 23.1. The van der Waals surface area contributed by atoms with Crippen LogP contribution < -0.4 is 5.32 Å². The average Bonchev–Trinajstić information content (AvgIpc) is 3.15. The van der Waals surface area contributed by atoms with Gasteiger partial charge in [0.1, 0.15) is 23.8 Å². The van der Waals surface area contributed by atoms with Gasteiger partial charge in [-0.3, -0.25) is 9.59 Å². The van der Waals surface area contributed by atoms with Gasteiger partial charge < -0.3 is 19.5 Å². The number of amides is 1. The van der Waals surface area contributed by atoms with Gasteiger partial charge in [0.2, 0.25) is 11.9 Å². The second-order valence-corrected chi connectivity index (χ2v) is 8.26. The van der Waals surface area contributed by atoms with Crippen molar-refractivity contribution in [3.63, 3.8) is 0 Å². The van der Waals surface area contributed by atoms with Crippen molar-refractivity contribution in [2.75, 3.05) is 46.2 Å². The van der Waals surface area contributed by atoms with Crippen molar-refractivity contribution in [1.29, 1.82) is 0 Å². The third-order valence-electron chi connectivity index (χ3n) is 4.58. The highest BCUT2D eigenvalue weighted by atomic mass is 16.5. The summed E-state index contributed by atoms with van der Waals surface area (Å²) in [7, 11) is 0. The number of nitrogens with zero attached hydrogens (tertiary/aromatic N) is 3. The quantitative estimate of drug-likeness (QED) is 0.245. The van der Waals surface area contributed by atoms with Crippen LogP contribution in [-0.2, 0) is 23.8 Å². The zero-order valence-corrected chi connectivity index (χ0v) is 19.7. The van der Waals surface area contributed by atoms with Crippen molar-refractivity contribution in [2.24, 2.45) is 16.3 Å². The molecule has 1 unspecified atom stereocenters. The molecule has 1 atom stereocenters. The van der Waals surface area contributed by atoms with E-state index in [1.54, 1.807) is 4.68 Å². The first kappa shape index (κ1) is 27.3. The minimum Gasteiger partial charge on any atom is -0.379 e. The number of carbonyl (C=O) groups excluding carboxylic acids is 2. The van der Waals surface area contributed by atoms with E-state index in [0.29, 0.717) is 59.0 Å². The molecule has 0 saturated heterocycles. The number of ketones is 1. The van der Waals surface area contributed by atoms with Gasteiger partial charge in [-0.1, -0.05) is 13.8 Å². The normalized spacial score (nSPS) is 15.7. The summed E-state index contributed by atoms with van der Waals surface area (Å²) in [5.41, 5.74) is 0. The first-order valence-corrected chi connectivity index (χ1v) is 11.5. The third kappa shape index (κ3) is 14.8. The Bertz CT molecular complexity index is 578. The summed E-state index contributed by atoms with van der Waals surface area (Å²) in [6, 6.07) is 0.218. The third-order valence-corrected chi connectivity index (χ3v) is 4.58. The van der Waals surface area contributed by atoms with Crippen LogP contribution in [-0.4, -0.2) is 80.9 Å². The molecule has 178 valence electrons. The molecule has 0 saturated carbocycles. The Balaban J connectivity index is 1.90. The number of Topliss-reactive ketones (excluding diaryl/α,β-unsaturated/α-hetero) is 1. The van der Waals surface area contributed by atoms with Crippen LogP contribution in [0.1, 0.15) is 59.8 Å². The summed E-state index contributed by atoms with van der Waals surface area (Å²) < 4.78 is 18.3. The monoisotopic (exact) mass is 441 g/mol. The molecule has 1 rings (SSSR count). The second kappa shape index (κ2) is 16.9. The highest BCUT2D eigenvalue weighted by Gasteiger charge is 2.21. The van der Waals surface area contributed by atoms with E-state index in [0.717, 1.165) is 19.3 Å². The van der Waals surface area contributed by atoms with Gasteiger partial charge in [0, 0.05) is 42.9 Å². The maximum atomic E-state index is 11.6. The van der Waals surface area contributed by atoms with Crippen LogP contribution in [0.3, 0.4) is 0 Å². The van der Waals surface area contributed by atoms with Gasteiger partial charge in [-0.2, -0.15) is 0 Å². The first-order valence-electron chi connectivity index (χ1n) is 11.5. The summed E-state index contributed by atoms with van der Waals surface area (Å²) in [6.07, 6.45) is 5.45. The van der Waals surface area contributed by atoms with Crippen molar-refractivity contribution < 1.29 is 28.5 Å². The fourth-order valence-electron chi connectivity index (χ4n) is 2.85. The Hall–Kier alpha value is -1.71. The average molecular weight is 442 g/mol. The molecule has 0 aromatic heterocycles. The minimum absolute atomic E-state index is 0.0404. The Morgan fingerprint density at radius 3 is 2.23 bits per heavy atom. The largest absolute Gasteiger partial charge is 0.379 e. The first-order chi connectivity index (χ1) is 14.9. The lowest BCUT2D eigenvalue weighted by molar-refractivity contribution is -0.534. The van der Waals surface area contributed by atoms with Gasteiger partial charge in [-0.05, 0) is 26.7 Å². The molecule has 1 heterocycles. The molecule has 1 aliphatic heterocycles. The molecule has 0 spiro atoms. The van der Waals surface area contributed by atoms with E-state index in [4.69, 9.17) is 14.2 Å². The second-order valence-electron chi connectivity index (χ2n) is 8.26.